The molecule has 2 aliphatic rings. The summed E-state index contributed by atoms with van der Waals surface area (Å²) in [6.45, 7) is 2.31. The number of nitrogens with zero attached hydrogens (tertiary/aromatic N) is 2. The number of methoxy groups -OCH3 is 1. The molecule has 1 N–H and O–H groups in total. The molecule has 37 heavy (non-hydrogen) atoms. The lowest BCUT2D eigenvalue weighted by molar-refractivity contribution is -0.137. The molecular weight excluding hydrogens is 486 g/mol. The second-order valence-electron chi connectivity index (χ2n) is 10.5. The lowest BCUT2D eigenvalue weighted by atomic mass is 9.85. The minimum atomic E-state index is -3.67. The lowest BCUT2D eigenvalue weighted by Gasteiger charge is -2.34. The molecule has 0 bridgehead atoms. The predicted octanol–water partition coefficient (Wildman–Crippen LogP) is 4.84. The number of carbonyl (C=O) groups excluding carboxylic acids is 1. The van der Waals surface area contributed by atoms with Crippen LogP contribution in [0.4, 0.5) is 0 Å². The van der Waals surface area contributed by atoms with E-state index in [1.807, 2.05) is 34.7 Å². The maximum atomic E-state index is 13.3. The molecule has 3 aromatic rings. The topological polar surface area (TPSA) is 80.6 Å². The first kappa shape index (κ1) is 25.9. The van der Waals surface area contributed by atoms with Crippen molar-refractivity contribution in [2.45, 2.75) is 62.5 Å². The van der Waals surface area contributed by atoms with E-state index in [4.69, 9.17) is 4.74 Å². The van der Waals surface area contributed by atoms with Crippen molar-refractivity contribution in [2.24, 2.45) is 13.0 Å². The third-order valence-electron chi connectivity index (χ3n) is 7.95. The summed E-state index contributed by atoms with van der Waals surface area (Å²) >= 11 is 0. The van der Waals surface area contributed by atoms with Crippen molar-refractivity contribution in [1.29, 1.82) is 0 Å². The summed E-state index contributed by atoms with van der Waals surface area (Å²) in [5, 5.41) is 0.995. The Bertz CT molecular complexity index is 1350. The lowest BCUT2D eigenvalue weighted by Crippen LogP contribution is -2.43. The van der Waals surface area contributed by atoms with Crippen LogP contribution < -0.4 is 4.72 Å². The van der Waals surface area contributed by atoms with Crippen LogP contribution in [0, 0.1) is 5.92 Å². The van der Waals surface area contributed by atoms with E-state index in [2.05, 4.69) is 22.9 Å². The Morgan fingerprint density at radius 1 is 0.973 bits per heavy atom. The van der Waals surface area contributed by atoms with Crippen molar-refractivity contribution in [3.63, 3.8) is 0 Å². The molecule has 1 saturated carbocycles. The van der Waals surface area contributed by atoms with E-state index >= 15 is 0 Å². The van der Waals surface area contributed by atoms with E-state index in [1.165, 1.54) is 6.42 Å². The van der Waals surface area contributed by atoms with Crippen LogP contribution in [0.3, 0.4) is 0 Å². The van der Waals surface area contributed by atoms with Crippen molar-refractivity contribution in [2.75, 3.05) is 20.2 Å². The molecule has 198 valence electrons. The van der Waals surface area contributed by atoms with Crippen LogP contribution in [0.25, 0.3) is 22.2 Å². The van der Waals surface area contributed by atoms with Gasteiger partial charge in [-0.05, 0) is 74.3 Å². The third kappa shape index (κ3) is 5.61. The quantitative estimate of drug-likeness (QED) is 0.481. The van der Waals surface area contributed by atoms with Gasteiger partial charge in [-0.2, -0.15) is 0 Å². The highest BCUT2D eigenvalue weighted by Crippen LogP contribution is 2.31. The first-order valence-corrected chi connectivity index (χ1v) is 14.8. The summed E-state index contributed by atoms with van der Waals surface area (Å²) in [5.74, 6) is 0.292. The van der Waals surface area contributed by atoms with Crippen molar-refractivity contribution >= 4 is 26.8 Å². The molecule has 1 aromatic heterocycles. The van der Waals surface area contributed by atoms with Gasteiger partial charge >= 0.3 is 0 Å². The number of nitrogens with one attached hydrogen (secondary N) is 1. The summed E-state index contributed by atoms with van der Waals surface area (Å²) in [4.78, 5) is 15.1. The smallest absolute Gasteiger partial charge is 0.240 e. The second-order valence-corrected chi connectivity index (χ2v) is 12.2. The van der Waals surface area contributed by atoms with Crippen LogP contribution in [-0.4, -0.2) is 50.0 Å². The van der Waals surface area contributed by atoms with Crippen LogP contribution in [0.5, 0.6) is 0 Å². The molecule has 1 amide bonds. The van der Waals surface area contributed by atoms with Gasteiger partial charge in [0, 0.05) is 55.8 Å². The molecule has 0 unspecified atom stereocenters. The number of amides is 1. The fourth-order valence-electron chi connectivity index (χ4n) is 5.81. The number of benzene rings is 2. The highest BCUT2D eigenvalue weighted by atomic mass is 32.2. The predicted molar refractivity (Wildman–Crippen MR) is 146 cm³/mol. The van der Waals surface area contributed by atoms with Gasteiger partial charge < -0.3 is 14.2 Å². The summed E-state index contributed by atoms with van der Waals surface area (Å²) in [5.41, 5.74) is 4.07. The summed E-state index contributed by atoms with van der Waals surface area (Å²) < 4.78 is 36.7. The molecule has 2 aromatic carbocycles. The molecule has 2 heterocycles. The molecule has 8 heteroatoms. The van der Waals surface area contributed by atoms with Crippen LogP contribution >= 0.6 is 0 Å². The zero-order chi connectivity index (χ0) is 26.0. The summed E-state index contributed by atoms with van der Waals surface area (Å²) in [7, 11) is -0.0214. The molecule has 0 radical (unpaired) electrons. The number of sulfonamides is 1. The average Bonchev–Trinajstić information content (AvgIpc) is 3.25. The summed E-state index contributed by atoms with van der Waals surface area (Å²) in [6.07, 6.45) is 6.26. The standard InChI is InChI=1S/C29H37N3O4S/c1-31-27(22-8-6-21(7-9-22)20-36-2)18-24-12-15-26(19-28(24)31)37(34,35)30-25-13-10-23(11-14-25)29(33)32-16-4-3-5-17-32/h6-9,12,15,18-19,23,25,30H,3-5,10-11,13-14,16-17,20H2,1-2H3. The van der Waals surface area contributed by atoms with E-state index in [9.17, 15) is 13.2 Å². The Labute approximate surface area is 219 Å². The highest BCUT2D eigenvalue weighted by molar-refractivity contribution is 7.89. The SMILES string of the molecule is COCc1ccc(-c2cc3ccc(S(=O)(=O)NC4CCC(C(=O)N5CCCCC5)CC4)cc3n2C)cc1. The van der Waals surface area contributed by atoms with Crippen molar-refractivity contribution in [3.8, 4) is 11.3 Å². The van der Waals surface area contributed by atoms with Crippen LogP contribution in [0.1, 0.15) is 50.5 Å². The fourth-order valence-corrected chi connectivity index (χ4v) is 7.14. The first-order chi connectivity index (χ1) is 17.9. The Morgan fingerprint density at radius 2 is 1.68 bits per heavy atom. The second kappa shape index (κ2) is 11.0. The van der Waals surface area contributed by atoms with Crippen molar-refractivity contribution in [1.82, 2.24) is 14.2 Å². The molecular formula is C29H37N3O4S. The van der Waals surface area contributed by atoms with Gasteiger partial charge in [-0.1, -0.05) is 30.3 Å². The van der Waals surface area contributed by atoms with Gasteiger partial charge in [-0.3, -0.25) is 4.79 Å². The van der Waals surface area contributed by atoms with Gasteiger partial charge in [0.05, 0.1) is 11.5 Å². The molecule has 1 aliphatic heterocycles. The van der Waals surface area contributed by atoms with Gasteiger partial charge in [0.25, 0.3) is 0 Å². The van der Waals surface area contributed by atoms with Gasteiger partial charge in [-0.25, -0.2) is 13.1 Å². The largest absolute Gasteiger partial charge is 0.380 e. The monoisotopic (exact) mass is 523 g/mol. The van der Waals surface area contributed by atoms with Gasteiger partial charge in [-0.15, -0.1) is 0 Å². The molecule has 1 aliphatic carbocycles. The number of rotatable bonds is 7. The Hall–Kier alpha value is -2.68. The molecule has 0 spiro atoms. The number of fused-ring (bicyclic) bond motifs is 1. The number of piperidine rings is 1. The number of carbonyl (C=O) groups is 1. The zero-order valence-corrected chi connectivity index (χ0v) is 22.6. The zero-order valence-electron chi connectivity index (χ0n) is 21.8. The van der Waals surface area contributed by atoms with E-state index in [1.54, 1.807) is 19.2 Å². The van der Waals surface area contributed by atoms with Gasteiger partial charge in [0.2, 0.25) is 15.9 Å². The Kier molecular flexibility index (Phi) is 7.70. The average molecular weight is 524 g/mol. The molecule has 5 rings (SSSR count). The Balaban J connectivity index is 1.27. The number of likely N-dealkylation sites (tertiary alicyclic amines) is 1. The van der Waals surface area contributed by atoms with Gasteiger partial charge in [0.1, 0.15) is 0 Å². The molecule has 7 nitrogen and oxygen atoms in total. The number of ether oxygens (including phenoxy) is 1. The third-order valence-corrected chi connectivity index (χ3v) is 9.47. The van der Waals surface area contributed by atoms with E-state index < -0.39 is 10.0 Å². The molecule has 2 fully saturated rings. The molecule has 1 saturated heterocycles. The fraction of sp³-hybridized carbons (Fsp3) is 0.483. The van der Waals surface area contributed by atoms with Crippen LogP contribution in [-0.2, 0) is 33.2 Å². The van der Waals surface area contributed by atoms with Gasteiger partial charge in [0.15, 0.2) is 0 Å². The minimum absolute atomic E-state index is 0.0283. The summed E-state index contributed by atoms with van der Waals surface area (Å²) in [6, 6.07) is 15.5. The van der Waals surface area contributed by atoms with Crippen LogP contribution in [0.15, 0.2) is 53.4 Å². The minimum Gasteiger partial charge on any atom is -0.380 e. The number of aryl methyl sites for hydroxylation is 1. The first-order valence-electron chi connectivity index (χ1n) is 13.3. The van der Waals surface area contributed by atoms with Crippen LogP contribution in [0.2, 0.25) is 0 Å². The van der Waals surface area contributed by atoms with E-state index in [-0.39, 0.29) is 22.8 Å². The normalized spacial score (nSPS) is 20.9. The maximum Gasteiger partial charge on any atom is 0.240 e. The number of aromatic nitrogens is 1. The van der Waals surface area contributed by atoms with E-state index in [0.717, 1.165) is 66.5 Å². The maximum absolute atomic E-state index is 13.3. The number of hydrogen-bond donors (Lipinski definition) is 1. The Morgan fingerprint density at radius 3 is 2.35 bits per heavy atom. The van der Waals surface area contributed by atoms with Crippen molar-refractivity contribution in [3.05, 3.63) is 54.1 Å². The number of hydrogen-bond acceptors (Lipinski definition) is 4. The highest BCUT2D eigenvalue weighted by Gasteiger charge is 2.32. The van der Waals surface area contributed by atoms with E-state index in [0.29, 0.717) is 19.4 Å². The molecule has 0 atom stereocenters. The van der Waals surface area contributed by atoms with Crippen molar-refractivity contribution < 1.29 is 17.9 Å².